The summed E-state index contributed by atoms with van der Waals surface area (Å²) in [5, 5.41) is 0. The van der Waals surface area contributed by atoms with E-state index in [0.717, 1.165) is 12.8 Å². The number of carbonyl (C=O) groups is 3. The standard InChI is InChI=1S/C11H18N2O4/c1-4-5-6-7-17-11(16)10(15)13-12-9(14)8(2)3/h2,4-7H2,1,3H3,(H,12,14)(H,13,15). The molecule has 0 heterocycles. The molecule has 6 nitrogen and oxygen atoms in total. The molecular formula is C11H18N2O4. The zero-order chi connectivity index (χ0) is 13.3. The lowest BCUT2D eigenvalue weighted by molar-refractivity contribution is -0.155. The van der Waals surface area contributed by atoms with Crippen molar-refractivity contribution in [3.8, 4) is 0 Å². The van der Waals surface area contributed by atoms with Crippen LogP contribution in [0.15, 0.2) is 12.2 Å². The van der Waals surface area contributed by atoms with Gasteiger partial charge in [-0.05, 0) is 13.3 Å². The Bertz CT molecular complexity index is 313. The number of hydrazine groups is 1. The fourth-order valence-corrected chi connectivity index (χ4v) is 0.854. The maximum atomic E-state index is 11.1. The van der Waals surface area contributed by atoms with Crippen molar-refractivity contribution in [3.63, 3.8) is 0 Å². The zero-order valence-corrected chi connectivity index (χ0v) is 10.2. The van der Waals surface area contributed by atoms with Crippen molar-refractivity contribution in [2.45, 2.75) is 33.1 Å². The van der Waals surface area contributed by atoms with E-state index in [4.69, 9.17) is 0 Å². The minimum absolute atomic E-state index is 0.203. The van der Waals surface area contributed by atoms with E-state index in [1.807, 2.05) is 17.8 Å². The molecule has 0 aromatic heterocycles. The normalized spacial score (nSPS) is 9.29. The number of unbranched alkanes of at least 4 members (excludes halogenated alkanes) is 2. The Kier molecular flexibility index (Phi) is 7.41. The van der Waals surface area contributed by atoms with Crippen LogP contribution in [0, 0.1) is 0 Å². The van der Waals surface area contributed by atoms with Gasteiger partial charge in [0, 0.05) is 5.57 Å². The number of rotatable bonds is 5. The second-order valence-corrected chi connectivity index (χ2v) is 3.53. The molecular weight excluding hydrogens is 224 g/mol. The summed E-state index contributed by atoms with van der Waals surface area (Å²) in [6.45, 7) is 7.06. The lowest BCUT2D eigenvalue weighted by Gasteiger charge is -2.06. The van der Waals surface area contributed by atoms with E-state index in [2.05, 4.69) is 11.3 Å². The minimum Gasteiger partial charge on any atom is -0.459 e. The summed E-state index contributed by atoms with van der Waals surface area (Å²) >= 11 is 0. The third-order valence-electron chi connectivity index (χ3n) is 1.84. The van der Waals surface area contributed by atoms with Crippen LogP contribution in [0.4, 0.5) is 0 Å². The summed E-state index contributed by atoms with van der Waals surface area (Å²) in [6, 6.07) is 0. The van der Waals surface area contributed by atoms with E-state index in [1.165, 1.54) is 6.92 Å². The van der Waals surface area contributed by atoms with Crippen molar-refractivity contribution in [2.24, 2.45) is 0 Å². The van der Waals surface area contributed by atoms with E-state index < -0.39 is 17.8 Å². The summed E-state index contributed by atoms with van der Waals surface area (Å²) in [6.07, 6.45) is 2.65. The van der Waals surface area contributed by atoms with Gasteiger partial charge in [-0.25, -0.2) is 4.79 Å². The Hall–Kier alpha value is -1.85. The topological polar surface area (TPSA) is 84.5 Å². The van der Waals surface area contributed by atoms with Gasteiger partial charge in [0.15, 0.2) is 0 Å². The molecule has 0 aliphatic carbocycles. The molecule has 0 aliphatic heterocycles. The van der Waals surface area contributed by atoms with E-state index in [-0.39, 0.29) is 12.2 Å². The Labute approximate surface area is 100 Å². The van der Waals surface area contributed by atoms with Gasteiger partial charge in [-0.15, -0.1) is 0 Å². The van der Waals surface area contributed by atoms with Gasteiger partial charge >= 0.3 is 11.9 Å². The van der Waals surface area contributed by atoms with Crippen molar-refractivity contribution < 1.29 is 19.1 Å². The molecule has 2 N–H and O–H groups in total. The summed E-state index contributed by atoms with van der Waals surface area (Å²) in [4.78, 5) is 33.2. The fraction of sp³-hybridized carbons (Fsp3) is 0.545. The first-order valence-electron chi connectivity index (χ1n) is 5.42. The lowest BCUT2D eigenvalue weighted by atomic mass is 10.3. The SMILES string of the molecule is C=C(C)C(=O)NNC(=O)C(=O)OCCCCC. The Morgan fingerprint density at radius 2 is 1.71 bits per heavy atom. The highest BCUT2D eigenvalue weighted by Gasteiger charge is 2.15. The Morgan fingerprint density at radius 3 is 2.24 bits per heavy atom. The fourth-order valence-electron chi connectivity index (χ4n) is 0.854. The molecule has 6 heteroatoms. The van der Waals surface area contributed by atoms with Gasteiger partial charge in [0.05, 0.1) is 6.61 Å². The molecule has 0 spiro atoms. The zero-order valence-electron chi connectivity index (χ0n) is 10.2. The second kappa shape index (κ2) is 8.32. The second-order valence-electron chi connectivity index (χ2n) is 3.53. The molecule has 96 valence electrons. The molecule has 0 unspecified atom stereocenters. The molecule has 0 fully saturated rings. The van der Waals surface area contributed by atoms with E-state index in [1.54, 1.807) is 0 Å². The van der Waals surface area contributed by atoms with Gasteiger partial charge in [0.25, 0.3) is 5.91 Å². The van der Waals surface area contributed by atoms with Crippen LogP contribution in [0.5, 0.6) is 0 Å². The molecule has 0 saturated carbocycles. The molecule has 0 aromatic carbocycles. The number of hydrogen-bond acceptors (Lipinski definition) is 4. The highest BCUT2D eigenvalue weighted by Crippen LogP contribution is 1.94. The average Bonchev–Trinajstić information content (AvgIpc) is 2.30. The number of ether oxygens (including phenoxy) is 1. The number of esters is 1. The molecule has 0 radical (unpaired) electrons. The van der Waals surface area contributed by atoms with Crippen LogP contribution in [0.2, 0.25) is 0 Å². The maximum absolute atomic E-state index is 11.1. The number of hydrogen-bond donors (Lipinski definition) is 2. The van der Waals surface area contributed by atoms with Gasteiger partial charge in [0.2, 0.25) is 0 Å². The van der Waals surface area contributed by atoms with Gasteiger partial charge in [-0.1, -0.05) is 26.3 Å². The van der Waals surface area contributed by atoms with E-state index in [9.17, 15) is 14.4 Å². The first-order chi connectivity index (χ1) is 7.99. The molecule has 0 atom stereocenters. The molecule has 17 heavy (non-hydrogen) atoms. The third kappa shape index (κ3) is 7.10. The summed E-state index contributed by atoms with van der Waals surface area (Å²) < 4.78 is 4.67. The predicted molar refractivity (Wildman–Crippen MR) is 61.6 cm³/mol. The first kappa shape index (κ1) is 15.2. The highest BCUT2D eigenvalue weighted by molar-refractivity contribution is 6.32. The Balaban J connectivity index is 3.79. The molecule has 0 aliphatic rings. The van der Waals surface area contributed by atoms with E-state index in [0.29, 0.717) is 6.42 Å². The van der Waals surface area contributed by atoms with Crippen LogP contribution in [0.3, 0.4) is 0 Å². The number of nitrogens with one attached hydrogen (secondary N) is 2. The highest BCUT2D eigenvalue weighted by atomic mass is 16.5. The lowest BCUT2D eigenvalue weighted by Crippen LogP contribution is -2.45. The summed E-state index contributed by atoms with van der Waals surface area (Å²) in [7, 11) is 0. The van der Waals surface area contributed by atoms with Crippen molar-refractivity contribution in [1.29, 1.82) is 0 Å². The monoisotopic (exact) mass is 242 g/mol. The van der Waals surface area contributed by atoms with Gasteiger partial charge < -0.3 is 4.74 Å². The van der Waals surface area contributed by atoms with Crippen molar-refractivity contribution in [3.05, 3.63) is 12.2 Å². The molecule has 0 rings (SSSR count). The van der Waals surface area contributed by atoms with Crippen molar-refractivity contribution in [2.75, 3.05) is 6.61 Å². The van der Waals surface area contributed by atoms with Crippen molar-refractivity contribution in [1.82, 2.24) is 10.9 Å². The van der Waals surface area contributed by atoms with Crippen molar-refractivity contribution >= 4 is 17.8 Å². The molecule has 0 aromatic rings. The summed E-state index contributed by atoms with van der Waals surface area (Å²) in [5.74, 6) is -2.57. The smallest absolute Gasteiger partial charge is 0.398 e. The first-order valence-corrected chi connectivity index (χ1v) is 5.42. The molecule has 0 bridgehead atoms. The Morgan fingerprint density at radius 1 is 1.12 bits per heavy atom. The van der Waals surface area contributed by atoms with Crippen LogP contribution in [-0.4, -0.2) is 24.4 Å². The molecule has 0 saturated heterocycles. The van der Waals surface area contributed by atoms with Gasteiger partial charge in [-0.2, -0.15) is 0 Å². The van der Waals surface area contributed by atoms with Crippen LogP contribution in [0.25, 0.3) is 0 Å². The third-order valence-corrected chi connectivity index (χ3v) is 1.84. The summed E-state index contributed by atoms with van der Waals surface area (Å²) in [5.41, 5.74) is 4.18. The predicted octanol–water partition coefficient (Wildman–Crippen LogP) is 0.443. The van der Waals surface area contributed by atoms with Gasteiger partial charge in [0.1, 0.15) is 0 Å². The van der Waals surface area contributed by atoms with Crippen LogP contribution < -0.4 is 10.9 Å². The minimum atomic E-state index is -1.01. The maximum Gasteiger partial charge on any atom is 0.398 e. The number of amides is 2. The van der Waals surface area contributed by atoms with Crippen LogP contribution >= 0.6 is 0 Å². The molecule has 2 amide bonds. The van der Waals surface area contributed by atoms with E-state index >= 15 is 0 Å². The van der Waals surface area contributed by atoms with Crippen LogP contribution in [0.1, 0.15) is 33.1 Å². The number of carbonyl (C=O) groups excluding carboxylic acids is 3. The van der Waals surface area contributed by atoms with Crippen LogP contribution in [-0.2, 0) is 19.1 Å². The largest absolute Gasteiger partial charge is 0.459 e. The quantitative estimate of drug-likeness (QED) is 0.241. The van der Waals surface area contributed by atoms with Gasteiger partial charge in [-0.3, -0.25) is 20.4 Å². The average molecular weight is 242 g/mol.